The van der Waals surface area contributed by atoms with Gasteiger partial charge in [0.2, 0.25) is 0 Å². The lowest BCUT2D eigenvalue weighted by molar-refractivity contribution is 0.0695. The molecule has 44 heavy (non-hydrogen) atoms. The summed E-state index contributed by atoms with van der Waals surface area (Å²) >= 11 is 1.49. The molecule has 2 amide bonds. The van der Waals surface area contributed by atoms with E-state index in [0.717, 1.165) is 16.3 Å². The number of aromatic nitrogens is 1. The molecule has 0 aliphatic heterocycles. The Labute approximate surface area is 260 Å². The molecular formula is C33H36N4O6S. The highest BCUT2D eigenvalue weighted by molar-refractivity contribution is 7.09. The summed E-state index contributed by atoms with van der Waals surface area (Å²) in [5.41, 5.74) is 3.27. The number of aliphatic hydroxyl groups excluding tert-OH is 1. The Kier molecular flexibility index (Phi) is 11.2. The smallest absolute Gasteiger partial charge is 0.335 e. The summed E-state index contributed by atoms with van der Waals surface area (Å²) in [7, 11) is 3.16. The molecule has 1 aromatic heterocycles. The number of rotatable bonds is 14. The average molecular weight is 617 g/mol. The largest absolute Gasteiger partial charge is 0.497 e. The minimum Gasteiger partial charge on any atom is -0.497 e. The van der Waals surface area contributed by atoms with Crippen molar-refractivity contribution in [2.45, 2.75) is 38.6 Å². The summed E-state index contributed by atoms with van der Waals surface area (Å²) in [6.45, 7) is 2.66. The summed E-state index contributed by atoms with van der Waals surface area (Å²) in [6, 6.07) is 20.0. The fourth-order valence-electron chi connectivity index (χ4n) is 4.68. The lowest BCUT2D eigenvalue weighted by Crippen LogP contribution is -2.48. The molecule has 0 aliphatic carbocycles. The maximum absolute atomic E-state index is 13.4. The van der Waals surface area contributed by atoms with Crippen molar-refractivity contribution in [3.8, 4) is 5.75 Å². The van der Waals surface area contributed by atoms with Crippen LogP contribution >= 0.6 is 11.3 Å². The van der Waals surface area contributed by atoms with Gasteiger partial charge in [-0.2, -0.15) is 0 Å². The number of nitrogens with one attached hydrogen (secondary N) is 2. The molecular weight excluding hydrogens is 580 g/mol. The van der Waals surface area contributed by atoms with Gasteiger partial charge in [0, 0.05) is 42.3 Å². The maximum atomic E-state index is 13.4. The molecule has 1 heterocycles. The molecule has 2 atom stereocenters. The number of ether oxygens (including phenoxy) is 1. The van der Waals surface area contributed by atoms with E-state index in [1.54, 1.807) is 42.3 Å². The SMILES string of the molecule is COc1cc(CNC[C@@H](O)[C@H](Cc2ccccc2)NC(=O)c2cccc(C(=O)N(C)Cc3nc(C)cs3)c2)cc(C(=O)O)c1. The third-order valence-corrected chi connectivity index (χ3v) is 7.92. The van der Waals surface area contributed by atoms with Crippen molar-refractivity contribution in [2.75, 3.05) is 20.7 Å². The monoisotopic (exact) mass is 616 g/mol. The van der Waals surface area contributed by atoms with E-state index in [0.29, 0.717) is 35.4 Å². The van der Waals surface area contributed by atoms with Crippen LogP contribution in [-0.4, -0.2) is 70.7 Å². The van der Waals surface area contributed by atoms with Gasteiger partial charge in [0.05, 0.1) is 31.4 Å². The Morgan fingerprint density at radius 2 is 1.73 bits per heavy atom. The van der Waals surface area contributed by atoms with Gasteiger partial charge in [-0.1, -0.05) is 36.4 Å². The summed E-state index contributed by atoms with van der Waals surface area (Å²) < 4.78 is 5.21. The van der Waals surface area contributed by atoms with Crippen LogP contribution < -0.4 is 15.4 Å². The van der Waals surface area contributed by atoms with E-state index in [1.807, 2.05) is 42.6 Å². The highest BCUT2D eigenvalue weighted by Gasteiger charge is 2.23. The molecule has 11 heteroatoms. The van der Waals surface area contributed by atoms with Crippen molar-refractivity contribution in [3.63, 3.8) is 0 Å². The fourth-order valence-corrected chi connectivity index (χ4v) is 5.50. The number of benzene rings is 3. The van der Waals surface area contributed by atoms with Crippen LogP contribution in [0.3, 0.4) is 0 Å². The van der Waals surface area contributed by atoms with E-state index in [4.69, 9.17) is 4.74 Å². The third kappa shape index (κ3) is 8.96. The summed E-state index contributed by atoms with van der Waals surface area (Å²) in [5, 5.41) is 29.4. The number of carboxylic acids is 1. The van der Waals surface area contributed by atoms with Crippen molar-refractivity contribution in [2.24, 2.45) is 0 Å². The average Bonchev–Trinajstić information content (AvgIpc) is 3.44. The van der Waals surface area contributed by atoms with E-state index in [1.165, 1.54) is 30.6 Å². The minimum absolute atomic E-state index is 0.0982. The van der Waals surface area contributed by atoms with Crippen LogP contribution in [-0.2, 0) is 19.5 Å². The number of amides is 2. The standard InChI is InChI=1S/C33H36N4O6S/c1-21-20-44-30(35-21)19-37(2)32(40)25-11-7-10-24(15-25)31(39)36-28(14-22-8-5-4-6-9-22)29(38)18-34-17-23-12-26(33(41)42)16-27(13-23)43-3/h4-13,15-16,20,28-29,34,38H,14,17-19H2,1-3H3,(H,36,39)(H,41,42)/t28-,29+/m0/s1. The molecule has 0 radical (unpaired) electrons. The van der Waals surface area contributed by atoms with Crippen molar-refractivity contribution >= 4 is 29.1 Å². The molecule has 0 saturated carbocycles. The second-order valence-electron chi connectivity index (χ2n) is 10.5. The van der Waals surface area contributed by atoms with Crippen LogP contribution in [0.4, 0.5) is 0 Å². The number of carboxylic acid groups (broad SMARTS) is 1. The van der Waals surface area contributed by atoms with Gasteiger partial charge < -0.3 is 30.5 Å². The molecule has 10 nitrogen and oxygen atoms in total. The van der Waals surface area contributed by atoms with Gasteiger partial charge in [0.25, 0.3) is 11.8 Å². The summed E-state index contributed by atoms with van der Waals surface area (Å²) in [4.78, 5) is 44.0. The number of aromatic carboxylic acids is 1. The molecule has 3 aromatic carbocycles. The number of carbonyl (C=O) groups is 3. The van der Waals surface area contributed by atoms with Gasteiger partial charge in [-0.05, 0) is 60.9 Å². The number of aliphatic hydroxyl groups is 1. The molecule has 0 saturated heterocycles. The van der Waals surface area contributed by atoms with Crippen LogP contribution in [0.5, 0.6) is 5.75 Å². The lowest BCUT2D eigenvalue weighted by atomic mass is 10.00. The Bertz CT molecular complexity index is 1590. The number of hydrogen-bond acceptors (Lipinski definition) is 8. The maximum Gasteiger partial charge on any atom is 0.335 e. The second kappa shape index (κ2) is 15.2. The first-order chi connectivity index (χ1) is 21.1. The number of methoxy groups -OCH3 is 1. The molecule has 0 aliphatic rings. The zero-order chi connectivity index (χ0) is 31.6. The van der Waals surface area contributed by atoms with Crippen molar-refractivity contribution in [1.82, 2.24) is 20.5 Å². The summed E-state index contributed by atoms with van der Waals surface area (Å²) in [5.74, 6) is -1.30. The normalized spacial score (nSPS) is 12.3. The zero-order valence-electron chi connectivity index (χ0n) is 24.8. The van der Waals surface area contributed by atoms with Gasteiger partial charge in [-0.3, -0.25) is 9.59 Å². The minimum atomic E-state index is -1.07. The lowest BCUT2D eigenvalue weighted by Gasteiger charge is -2.25. The molecule has 4 rings (SSSR count). The van der Waals surface area contributed by atoms with E-state index in [-0.39, 0.29) is 24.6 Å². The quantitative estimate of drug-likeness (QED) is 0.167. The number of nitrogens with zero attached hydrogens (tertiary/aromatic N) is 2. The molecule has 0 fully saturated rings. The van der Waals surface area contributed by atoms with Crippen molar-refractivity contribution in [3.05, 3.63) is 117 Å². The highest BCUT2D eigenvalue weighted by Crippen LogP contribution is 2.18. The first-order valence-corrected chi connectivity index (χ1v) is 14.9. The second-order valence-corrected chi connectivity index (χ2v) is 11.4. The van der Waals surface area contributed by atoms with Crippen LogP contribution in [0.2, 0.25) is 0 Å². The predicted molar refractivity (Wildman–Crippen MR) is 168 cm³/mol. The Balaban J connectivity index is 1.44. The number of hydrogen-bond donors (Lipinski definition) is 4. The fraction of sp³-hybridized carbons (Fsp3) is 0.273. The molecule has 0 unspecified atom stereocenters. The van der Waals surface area contributed by atoms with Crippen LogP contribution in [0, 0.1) is 6.92 Å². The Morgan fingerprint density at radius 1 is 0.977 bits per heavy atom. The van der Waals surface area contributed by atoms with E-state index < -0.39 is 24.0 Å². The van der Waals surface area contributed by atoms with E-state index in [2.05, 4.69) is 15.6 Å². The molecule has 0 bridgehead atoms. The molecule has 0 spiro atoms. The van der Waals surface area contributed by atoms with Crippen LogP contribution in [0.25, 0.3) is 0 Å². The Hall–Kier alpha value is -4.58. The Morgan fingerprint density at radius 3 is 2.41 bits per heavy atom. The number of thiazole rings is 1. The summed E-state index contributed by atoms with van der Waals surface area (Å²) in [6.07, 6.45) is -0.617. The van der Waals surface area contributed by atoms with Gasteiger partial charge in [-0.15, -0.1) is 11.3 Å². The van der Waals surface area contributed by atoms with E-state index >= 15 is 0 Å². The molecule has 4 aromatic rings. The van der Waals surface area contributed by atoms with Crippen molar-refractivity contribution in [1.29, 1.82) is 0 Å². The predicted octanol–water partition coefficient (Wildman–Crippen LogP) is 3.92. The van der Waals surface area contributed by atoms with E-state index in [9.17, 15) is 24.6 Å². The first-order valence-electron chi connectivity index (χ1n) is 14.0. The topological polar surface area (TPSA) is 141 Å². The molecule has 230 valence electrons. The third-order valence-electron chi connectivity index (χ3n) is 6.97. The van der Waals surface area contributed by atoms with Crippen LogP contribution in [0.1, 0.15) is 52.9 Å². The van der Waals surface area contributed by atoms with Gasteiger partial charge in [0.15, 0.2) is 0 Å². The van der Waals surface area contributed by atoms with Crippen molar-refractivity contribution < 1.29 is 29.3 Å². The number of carbonyl (C=O) groups excluding carboxylic acids is 2. The highest BCUT2D eigenvalue weighted by atomic mass is 32.1. The number of aryl methyl sites for hydroxylation is 1. The first kappa shape index (κ1) is 32.3. The molecule has 4 N–H and O–H groups in total. The zero-order valence-corrected chi connectivity index (χ0v) is 25.6. The van der Waals surface area contributed by atoms with Gasteiger partial charge in [0.1, 0.15) is 10.8 Å². The van der Waals surface area contributed by atoms with Gasteiger partial charge in [-0.25, -0.2) is 9.78 Å². The van der Waals surface area contributed by atoms with Crippen LogP contribution in [0.15, 0.2) is 78.2 Å². The van der Waals surface area contributed by atoms with Gasteiger partial charge >= 0.3 is 5.97 Å².